The van der Waals surface area contributed by atoms with Crippen molar-refractivity contribution < 1.29 is 39.5 Å². The zero-order valence-electron chi connectivity index (χ0n) is 20.6. The number of carbonyl (C=O) groups is 3. The summed E-state index contributed by atoms with van der Waals surface area (Å²) in [4.78, 5) is 30.7. The standard InChI is InChI=1S/C21H42O4.C4H6O4/c1-2-3-4-5-6-7-8-9-10-11-12-13-14-15-16-17-21(24)25-20(18-22)19-23;5-3(6)1-2-4(7)8/h20,22-23H,2-19H2,1H3;1-2H2,(H,5,6)(H,7,8). The number of unbranched alkanes of at least 4 members (excludes halogenated alkanes) is 14. The molecule has 0 aliphatic heterocycles. The van der Waals surface area contributed by atoms with Gasteiger partial charge in [0.15, 0.2) is 0 Å². The van der Waals surface area contributed by atoms with Crippen LogP contribution in [0.15, 0.2) is 0 Å². The second-order valence-corrected chi connectivity index (χ2v) is 8.46. The van der Waals surface area contributed by atoms with Gasteiger partial charge >= 0.3 is 17.9 Å². The van der Waals surface area contributed by atoms with E-state index in [4.69, 9.17) is 25.2 Å². The fourth-order valence-corrected chi connectivity index (χ4v) is 3.23. The molecule has 8 heteroatoms. The molecular formula is C25H48O8. The summed E-state index contributed by atoms with van der Waals surface area (Å²) in [5.74, 6) is -2.47. The minimum absolute atomic E-state index is 0.296. The second kappa shape index (κ2) is 26.6. The number of carboxylic acid groups (broad SMARTS) is 2. The number of aliphatic hydroxyl groups is 2. The summed E-state index contributed by atoms with van der Waals surface area (Å²) in [6.45, 7) is 1.63. The van der Waals surface area contributed by atoms with Crippen LogP contribution in [-0.4, -0.2) is 57.7 Å². The smallest absolute Gasteiger partial charge is 0.306 e. The number of ether oxygens (including phenoxy) is 1. The molecule has 33 heavy (non-hydrogen) atoms. The van der Waals surface area contributed by atoms with E-state index in [9.17, 15) is 14.4 Å². The van der Waals surface area contributed by atoms with Crippen LogP contribution >= 0.6 is 0 Å². The van der Waals surface area contributed by atoms with Gasteiger partial charge in [0.2, 0.25) is 0 Å². The Morgan fingerprint density at radius 3 is 1.21 bits per heavy atom. The van der Waals surface area contributed by atoms with Gasteiger partial charge in [0.1, 0.15) is 6.10 Å². The highest BCUT2D eigenvalue weighted by atomic mass is 16.6. The topological polar surface area (TPSA) is 141 Å². The van der Waals surface area contributed by atoms with E-state index < -0.39 is 18.0 Å². The number of hydrogen-bond donors (Lipinski definition) is 4. The lowest BCUT2D eigenvalue weighted by atomic mass is 10.0. The second-order valence-electron chi connectivity index (χ2n) is 8.46. The van der Waals surface area contributed by atoms with Crippen LogP contribution < -0.4 is 0 Å². The minimum Gasteiger partial charge on any atom is -0.481 e. The first-order valence-corrected chi connectivity index (χ1v) is 12.7. The van der Waals surface area contributed by atoms with Crippen molar-refractivity contribution in [1.29, 1.82) is 0 Å². The molecule has 0 bridgehead atoms. The number of rotatable bonds is 22. The van der Waals surface area contributed by atoms with E-state index in [1.165, 1.54) is 83.5 Å². The van der Waals surface area contributed by atoms with Gasteiger partial charge in [0, 0.05) is 6.42 Å². The Kier molecular flexibility index (Phi) is 27.0. The molecule has 0 aliphatic rings. The quantitative estimate of drug-likeness (QED) is 0.125. The van der Waals surface area contributed by atoms with Crippen LogP contribution in [-0.2, 0) is 19.1 Å². The largest absolute Gasteiger partial charge is 0.481 e. The third-order valence-corrected chi connectivity index (χ3v) is 5.24. The van der Waals surface area contributed by atoms with Crippen molar-refractivity contribution >= 4 is 17.9 Å². The third-order valence-electron chi connectivity index (χ3n) is 5.24. The van der Waals surface area contributed by atoms with E-state index in [1.807, 2.05) is 0 Å². The molecule has 8 nitrogen and oxygen atoms in total. The van der Waals surface area contributed by atoms with Gasteiger partial charge < -0.3 is 25.2 Å². The Balaban J connectivity index is 0. The zero-order chi connectivity index (χ0) is 25.2. The summed E-state index contributed by atoms with van der Waals surface area (Å²) in [6.07, 6.45) is 18.5. The van der Waals surface area contributed by atoms with E-state index in [0.29, 0.717) is 6.42 Å². The fraction of sp³-hybridized carbons (Fsp3) is 0.880. The average Bonchev–Trinajstić information content (AvgIpc) is 2.79. The molecule has 0 unspecified atom stereocenters. The predicted octanol–water partition coefficient (Wildman–Crippen LogP) is 5.08. The van der Waals surface area contributed by atoms with Crippen molar-refractivity contribution in [3.8, 4) is 0 Å². The maximum absolute atomic E-state index is 11.5. The van der Waals surface area contributed by atoms with Gasteiger partial charge in [0.25, 0.3) is 0 Å². The predicted molar refractivity (Wildman–Crippen MR) is 128 cm³/mol. The Bertz CT molecular complexity index is 449. The molecule has 0 saturated heterocycles. The highest BCUT2D eigenvalue weighted by Crippen LogP contribution is 2.14. The van der Waals surface area contributed by atoms with Crippen LogP contribution in [0.3, 0.4) is 0 Å². The Hall–Kier alpha value is -1.67. The molecule has 0 aromatic carbocycles. The minimum atomic E-state index is -1.08. The number of hydrogen-bond acceptors (Lipinski definition) is 6. The van der Waals surface area contributed by atoms with Gasteiger partial charge in [-0.15, -0.1) is 0 Å². The monoisotopic (exact) mass is 476 g/mol. The molecule has 0 aromatic heterocycles. The van der Waals surface area contributed by atoms with Gasteiger partial charge in [-0.2, -0.15) is 0 Å². The maximum atomic E-state index is 11.5. The third kappa shape index (κ3) is 30.3. The van der Waals surface area contributed by atoms with Crippen molar-refractivity contribution in [2.45, 2.75) is 129 Å². The Morgan fingerprint density at radius 2 is 0.909 bits per heavy atom. The summed E-state index contributed by atoms with van der Waals surface area (Å²) in [5, 5.41) is 33.5. The highest BCUT2D eigenvalue weighted by molar-refractivity contribution is 5.75. The first-order chi connectivity index (χ1) is 15.9. The zero-order valence-corrected chi connectivity index (χ0v) is 20.6. The molecule has 0 spiro atoms. The molecule has 0 atom stereocenters. The maximum Gasteiger partial charge on any atom is 0.306 e. The van der Waals surface area contributed by atoms with E-state index in [0.717, 1.165) is 12.8 Å². The SMILES string of the molecule is CCCCCCCCCCCCCCCCCC(=O)OC(CO)CO.O=C(O)CCC(=O)O. The first-order valence-electron chi connectivity index (χ1n) is 12.7. The summed E-state index contributed by atoms with van der Waals surface area (Å²) >= 11 is 0. The average molecular weight is 477 g/mol. The number of aliphatic hydroxyl groups excluding tert-OH is 2. The molecule has 0 amide bonds. The van der Waals surface area contributed by atoms with Gasteiger partial charge in [-0.25, -0.2) is 0 Å². The fourth-order valence-electron chi connectivity index (χ4n) is 3.23. The summed E-state index contributed by atoms with van der Waals surface area (Å²) in [7, 11) is 0. The van der Waals surface area contributed by atoms with Gasteiger partial charge in [-0.05, 0) is 6.42 Å². The number of esters is 1. The van der Waals surface area contributed by atoms with Crippen LogP contribution in [0.1, 0.15) is 122 Å². The van der Waals surface area contributed by atoms with E-state index in [-0.39, 0.29) is 32.0 Å². The summed E-state index contributed by atoms with van der Waals surface area (Å²) in [5.41, 5.74) is 0. The molecular weight excluding hydrogens is 428 g/mol. The van der Waals surface area contributed by atoms with Crippen molar-refractivity contribution in [2.24, 2.45) is 0 Å². The van der Waals surface area contributed by atoms with Crippen molar-refractivity contribution in [1.82, 2.24) is 0 Å². The van der Waals surface area contributed by atoms with Crippen molar-refractivity contribution in [2.75, 3.05) is 13.2 Å². The number of aliphatic carboxylic acids is 2. The Morgan fingerprint density at radius 1 is 0.576 bits per heavy atom. The molecule has 0 radical (unpaired) electrons. The lowest BCUT2D eigenvalue weighted by Crippen LogP contribution is -2.25. The van der Waals surface area contributed by atoms with Gasteiger partial charge in [-0.3, -0.25) is 14.4 Å². The molecule has 0 heterocycles. The molecule has 4 N–H and O–H groups in total. The molecule has 0 aliphatic carbocycles. The van der Waals surface area contributed by atoms with Crippen LogP contribution in [0.4, 0.5) is 0 Å². The lowest BCUT2D eigenvalue weighted by molar-refractivity contribution is -0.153. The molecule has 0 saturated carbocycles. The first kappa shape index (κ1) is 33.5. The number of carboxylic acids is 2. The van der Waals surface area contributed by atoms with Crippen molar-refractivity contribution in [3.63, 3.8) is 0 Å². The molecule has 0 rings (SSSR count). The molecule has 0 fully saturated rings. The Labute approximate surface area is 199 Å². The van der Waals surface area contributed by atoms with Crippen molar-refractivity contribution in [3.05, 3.63) is 0 Å². The summed E-state index contributed by atoms with van der Waals surface area (Å²) in [6, 6.07) is 0. The molecule has 196 valence electrons. The van der Waals surface area contributed by atoms with E-state index >= 15 is 0 Å². The highest BCUT2D eigenvalue weighted by Gasteiger charge is 2.11. The van der Waals surface area contributed by atoms with E-state index in [1.54, 1.807) is 0 Å². The van der Waals surface area contributed by atoms with Gasteiger partial charge in [0.05, 0.1) is 26.1 Å². The van der Waals surface area contributed by atoms with Crippen LogP contribution in [0.25, 0.3) is 0 Å². The normalized spacial score (nSPS) is 10.5. The number of carbonyl (C=O) groups excluding carboxylic acids is 1. The van der Waals surface area contributed by atoms with Crippen LogP contribution in [0, 0.1) is 0 Å². The van der Waals surface area contributed by atoms with Crippen LogP contribution in [0.2, 0.25) is 0 Å². The lowest BCUT2D eigenvalue weighted by Gasteiger charge is -2.12. The molecule has 0 aromatic rings. The summed E-state index contributed by atoms with van der Waals surface area (Å²) < 4.78 is 4.93. The van der Waals surface area contributed by atoms with E-state index in [2.05, 4.69) is 6.92 Å². The van der Waals surface area contributed by atoms with Crippen LogP contribution in [0.5, 0.6) is 0 Å². The van der Waals surface area contributed by atoms with Gasteiger partial charge in [-0.1, -0.05) is 96.8 Å².